The Kier molecular flexibility index (Phi) is 1.92. The SMILES string of the molecule is c1cc2c3c(c1)-c1cccc4ccc5c(c14)N3C(CC2)CC5. The smallest absolute Gasteiger partial charge is 0.0532 e. The third kappa shape index (κ3) is 1.18. The van der Waals surface area contributed by atoms with E-state index in [-0.39, 0.29) is 0 Å². The van der Waals surface area contributed by atoms with Crippen molar-refractivity contribution < 1.29 is 0 Å². The third-order valence-electron chi connectivity index (χ3n) is 5.85. The molecule has 0 aliphatic carbocycles. The van der Waals surface area contributed by atoms with Gasteiger partial charge in [0, 0.05) is 17.0 Å². The van der Waals surface area contributed by atoms with Crippen LogP contribution in [0.5, 0.6) is 0 Å². The van der Waals surface area contributed by atoms with Crippen molar-refractivity contribution in [3.05, 3.63) is 59.7 Å². The number of hydrogen-bond donors (Lipinski definition) is 0. The second kappa shape index (κ2) is 3.73. The van der Waals surface area contributed by atoms with Crippen LogP contribution in [0.3, 0.4) is 0 Å². The highest BCUT2D eigenvalue weighted by atomic mass is 15.2. The van der Waals surface area contributed by atoms with Crippen molar-refractivity contribution >= 4 is 22.1 Å². The predicted octanol–water partition coefficient (Wildman–Crippen LogP) is 5.22. The van der Waals surface area contributed by atoms with Gasteiger partial charge in [-0.2, -0.15) is 0 Å². The van der Waals surface area contributed by atoms with Crippen molar-refractivity contribution in [2.45, 2.75) is 31.7 Å². The summed E-state index contributed by atoms with van der Waals surface area (Å²) in [6.07, 6.45) is 5.07. The van der Waals surface area contributed by atoms with Crippen molar-refractivity contribution in [3.63, 3.8) is 0 Å². The summed E-state index contributed by atoms with van der Waals surface area (Å²) >= 11 is 0. The van der Waals surface area contributed by atoms with Crippen LogP contribution in [0.2, 0.25) is 0 Å². The summed E-state index contributed by atoms with van der Waals surface area (Å²) in [4.78, 5) is 2.70. The molecule has 1 unspecified atom stereocenters. The number of benzene rings is 3. The Morgan fingerprint density at radius 2 is 1.50 bits per heavy atom. The van der Waals surface area contributed by atoms with Crippen LogP contribution in [-0.2, 0) is 12.8 Å². The van der Waals surface area contributed by atoms with Crippen molar-refractivity contribution in [3.8, 4) is 11.1 Å². The average Bonchev–Trinajstić information content (AvgIpc) is 2.59. The minimum atomic E-state index is 0.695. The van der Waals surface area contributed by atoms with Gasteiger partial charge in [0.15, 0.2) is 0 Å². The van der Waals surface area contributed by atoms with Crippen LogP contribution < -0.4 is 4.90 Å². The number of fused-ring (bicyclic) bond motifs is 1. The van der Waals surface area contributed by atoms with Crippen molar-refractivity contribution in [2.24, 2.45) is 0 Å². The number of nitrogens with zero attached hydrogens (tertiary/aromatic N) is 1. The van der Waals surface area contributed by atoms with E-state index in [1.54, 1.807) is 5.56 Å². The van der Waals surface area contributed by atoms with Gasteiger partial charge < -0.3 is 4.90 Å². The lowest BCUT2D eigenvalue weighted by Gasteiger charge is -2.47. The van der Waals surface area contributed by atoms with Crippen LogP contribution in [0, 0.1) is 0 Å². The fourth-order valence-electron chi connectivity index (χ4n) is 4.92. The van der Waals surface area contributed by atoms with Gasteiger partial charge in [0.05, 0.1) is 11.4 Å². The zero-order chi connectivity index (χ0) is 14.3. The molecule has 1 heteroatoms. The van der Waals surface area contributed by atoms with Crippen LogP contribution >= 0.6 is 0 Å². The van der Waals surface area contributed by atoms with E-state index < -0.39 is 0 Å². The van der Waals surface area contributed by atoms with Crippen LogP contribution in [0.4, 0.5) is 11.4 Å². The average molecular weight is 283 g/mol. The Morgan fingerprint density at radius 3 is 2.41 bits per heavy atom. The molecular weight excluding hydrogens is 266 g/mol. The fraction of sp³-hybridized carbons (Fsp3) is 0.238. The molecular formula is C21H17N. The van der Waals surface area contributed by atoms with Gasteiger partial charge in [0.2, 0.25) is 0 Å². The maximum atomic E-state index is 2.70. The fourth-order valence-corrected chi connectivity index (χ4v) is 4.92. The van der Waals surface area contributed by atoms with Crippen molar-refractivity contribution in [2.75, 3.05) is 4.90 Å². The molecule has 6 rings (SSSR count). The number of anilines is 2. The zero-order valence-corrected chi connectivity index (χ0v) is 12.5. The Bertz CT molecular complexity index is 954. The standard InChI is InChI=1S/C21H17N/c1-3-13-7-8-15-10-12-16-11-9-14-4-2-6-18-17(5-1)19(13)21(15)22(16)20(14)18/h1-8,16H,9-12H2. The Hall–Kier alpha value is -2.28. The van der Waals surface area contributed by atoms with Gasteiger partial charge in [0.1, 0.15) is 0 Å². The molecule has 3 heterocycles. The Morgan fingerprint density at radius 1 is 0.727 bits per heavy atom. The molecule has 1 atom stereocenters. The summed E-state index contributed by atoms with van der Waals surface area (Å²) < 4.78 is 0. The maximum Gasteiger partial charge on any atom is 0.0532 e. The predicted molar refractivity (Wildman–Crippen MR) is 92.0 cm³/mol. The molecule has 1 nitrogen and oxygen atoms in total. The molecule has 106 valence electrons. The largest absolute Gasteiger partial charge is 0.337 e. The Labute approximate surface area is 130 Å². The molecule has 0 radical (unpaired) electrons. The van der Waals surface area contributed by atoms with Gasteiger partial charge in [-0.1, -0.05) is 48.5 Å². The molecule has 0 N–H and O–H groups in total. The quantitative estimate of drug-likeness (QED) is 0.547. The van der Waals surface area contributed by atoms with E-state index in [1.807, 2.05) is 0 Å². The van der Waals surface area contributed by atoms with E-state index in [0.29, 0.717) is 6.04 Å². The number of hydrogen-bond acceptors (Lipinski definition) is 1. The van der Waals surface area contributed by atoms with E-state index in [4.69, 9.17) is 0 Å². The summed E-state index contributed by atoms with van der Waals surface area (Å²) in [7, 11) is 0. The Balaban J connectivity index is 1.89. The highest BCUT2D eigenvalue weighted by Crippen LogP contribution is 2.55. The highest BCUT2D eigenvalue weighted by molar-refractivity contribution is 6.13. The zero-order valence-electron chi connectivity index (χ0n) is 12.5. The topological polar surface area (TPSA) is 3.24 Å². The lowest BCUT2D eigenvalue weighted by molar-refractivity contribution is 0.519. The van der Waals surface area contributed by atoms with Crippen LogP contribution in [0.1, 0.15) is 24.0 Å². The molecule has 3 aliphatic rings. The monoisotopic (exact) mass is 283 g/mol. The van der Waals surface area contributed by atoms with Crippen LogP contribution in [-0.4, -0.2) is 6.04 Å². The van der Waals surface area contributed by atoms with E-state index in [1.165, 1.54) is 64.5 Å². The summed E-state index contributed by atoms with van der Waals surface area (Å²) in [5.41, 5.74) is 8.98. The minimum Gasteiger partial charge on any atom is -0.337 e. The normalized spacial score (nSPS) is 20.4. The minimum absolute atomic E-state index is 0.695. The third-order valence-corrected chi connectivity index (χ3v) is 5.85. The summed E-state index contributed by atoms with van der Waals surface area (Å²) in [5, 5.41) is 2.87. The number of aryl methyl sites for hydroxylation is 2. The van der Waals surface area contributed by atoms with Crippen LogP contribution in [0.15, 0.2) is 48.5 Å². The first-order valence-corrected chi connectivity index (χ1v) is 8.38. The first-order valence-electron chi connectivity index (χ1n) is 8.38. The molecule has 0 saturated carbocycles. The lowest BCUT2D eigenvalue weighted by atomic mass is 9.79. The molecule has 0 aromatic heterocycles. The lowest BCUT2D eigenvalue weighted by Crippen LogP contribution is -2.40. The van der Waals surface area contributed by atoms with E-state index in [0.717, 1.165) is 0 Å². The van der Waals surface area contributed by atoms with Gasteiger partial charge in [-0.05, 0) is 47.8 Å². The second-order valence-corrected chi connectivity index (χ2v) is 6.89. The molecule has 3 aliphatic heterocycles. The van der Waals surface area contributed by atoms with Crippen LogP contribution in [0.25, 0.3) is 21.9 Å². The molecule has 0 spiro atoms. The first kappa shape index (κ1) is 11.3. The van der Waals surface area contributed by atoms with Crippen molar-refractivity contribution in [1.82, 2.24) is 0 Å². The number of rotatable bonds is 0. The molecule has 3 aromatic carbocycles. The van der Waals surface area contributed by atoms with Gasteiger partial charge in [-0.3, -0.25) is 0 Å². The van der Waals surface area contributed by atoms with Gasteiger partial charge in [-0.25, -0.2) is 0 Å². The van der Waals surface area contributed by atoms with Gasteiger partial charge in [0.25, 0.3) is 0 Å². The number of para-hydroxylation sites is 1. The molecule has 0 saturated heterocycles. The molecule has 0 fully saturated rings. The van der Waals surface area contributed by atoms with Gasteiger partial charge >= 0.3 is 0 Å². The van der Waals surface area contributed by atoms with E-state index >= 15 is 0 Å². The molecule has 0 amide bonds. The molecule has 22 heavy (non-hydrogen) atoms. The molecule has 3 aromatic rings. The summed E-state index contributed by atoms with van der Waals surface area (Å²) in [5.74, 6) is 0. The highest BCUT2D eigenvalue weighted by Gasteiger charge is 2.37. The van der Waals surface area contributed by atoms with Crippen molar-refractivity contribution in [1.29, 1.82) is 0 Å². The summed E-state index contributed by atoms with van der Waals surface area (Å²) in [6, 6.07) is 19.1. The first-order chi connectivity index (χ1) is 10.9. The molecule has 0 bridgehead atoms. The maximum absolute atomic E-state index is 2.70. The van der Waals surface area contributed by atoms with Gasteiger partial charge in [-0.15, -0.1) is 0 Å². The van der Waals surface area contributed by atoms with E-state index in [2.05, 4.69) is 53.4 Å². The second-order valence-electron chi connectivity index (χ2n) is 6.89. The van der Waals surface area contributed by atoms with E-state index in [9.17, 15) is 0 Å². The summed E-state index contributed by atoms with van der Waals surface area (Å²) in [6.45, 7) is 0.